The maximum atomic E-state index is 11.9. The lowest BCUT2D eigenvalue weighted by Crippen LogP contribution is -2.33. The van der Waals surface area contributed by atoms with Gasteiger partial charge in [0.1, 0.15) is 0 Å². The summed E-state index contributed by atoms with van der Waals surface area (Å²) in [5, 5.41) is 8.70. The smallest absolute Gasteiger partial charge is 0.332 e. The number of ether oxygens (including phenoxy) is 1. The Hall–Kier alpha value is -1.45. The van der Waals surface area contributed by atoms with Gasteiger partial charge in [0.15, 0.2) is 11.1 Å². The van der Waals surface area contributed by atoms with Crippen molar-refractivity contribution in [2.45, 2.75) is 30.1 Å². The van der Waals surface area contributed by atoms with E-state index in [0.29, 0.717) is 12.8 Å². The van der Waals surface area contributed by atoms with Crippen molar-refractivity contribution in [2.24, 2.45) is 7.05 Å². The zero-order chi connectivity index (χ0) is 14.0. The fraction of sp³-hybridized carbons (Fsp3) is 0.600. The summed E-state index contributed by atoms with van der Waals surface area (Å²) in [7, 11) is -2.00. The first-order chi connectivity index (χ1) is 8.88. The molecule has 1 aliphatic rings. The van der Waals surface area contributed by atoms with Crippen LogP contribution in [0.2, 0.25) is 0 Å². The molecular weight excluding hydrogens is 274 g/mol. The fourth-order valence-electron chi connectivity index (χ4n) is 1.84. The Balaban J connectivity index is 1.91. The van der Waals surface area contributed by atoms with Gasteiger partial charge in [-0.15, -0.1) is 0 Å². The van der Waals surface area contributed by atoms with Gasteiger partial charge in [0.05, 0.1) is 12.4 Å². The van der Waals surface area contributed by atoms with Crippen LogP contribution in [-0.4, -0.2) is 47.8 Å². The lowest BCUT2D eigenvalue weighted by atomic mass is 10.2. The minimum absolute atomic E-state index is 0.0443. The molecular formula is C10H15N3O5S. The number of nitrogens with zero attached hydrogens (tertiary/aromatic N) is 2. The second kappa shape index (κ2) is 5.27. The first-order valence-corrected chi connectivity index (χ1v) is 7.22. The molecule has 2 rings (SSSR count). The van der Waals surface area contributed by atoms with E-state index < -0.39 is 28.2 Å². The van der Waals surface area contributed by atoms with Crippen molar-refractivity contribution in [3.05, 3.63) is 12.5 Å². The van der Waals surface area contributed by atoms with Gasteiger partial charge in [-0.05, 0) is 12.8 Å². The number of carboxylic acid groups (broad SMARTS) is 1. The van der Waals surface area contributed by atoms with E-state index in [2.05, 4.69) is 9.71 Å². The molecule has 106 valence electrons. The molecule has 19 heavy (non-hydrogen) atoms. The predicted octanol–water partition coefficient (Wildman–Crippen LogP) is -0.669. The van der Waals surface area contributed by atoms with E-state index in [9.17, 15) is 13.2 Å². The molecule has 2 heterocycles. The lowest BCUT2D eigenvalue weighted by Gasteiger charge is -2.11. The van der Waals surface area contributed by atoms with Gasteiger partial charge < -0.3 is 14.4 Å². The Morgan fingerprint density at radius 1 is 1.63 bits per heavy atom. The Bertz CT molecular complexity index is 567. The number of carboxylic acids is 1. The van der Waals surface area contributed by atoms with Gasteiger partial charge in [-0.25, -0.2) is 22.9 Å². The van der Waals surface area contributed by atoms with Crippen LogP contribution in [0.15, 0.2) is 17.6 Å². The minimum Gasteiger partial charge on any atom is -0.479 e. The van der Waals surface area contributed by atoms with Gasteiger partial charge in [-0.1, -0.05) is 0 Å². The summed E-state index contributed by atoms with van der Waals surface area (Å²) >= 11 is 0. The number of hydrogen-bond acceptors (Lipinski definition) is 5. The van der Waals surface area contributed by atoms with Crippen molar-refractivity contribution in [3.8, 4) is 0 Å². The molecule has 8 nitrogen and oxygen atoms in total. The highest BCUT2D eigenvalue weighted by molar-refractivity contribution is 7.89. The van der Waals surface area contributed by atoms with Gasteiger partial charge in [0, 0.05) is 19.8 Å². The third kappa shape index (κ3) is 3.31. The summed E-state index contributed by atoms with van der Waals surface area (Å²) in [5.41, 5.74) is 0. The Morgan fingerprint density at radius 2 is 2.37 bits per heavy atom. The van der Waals surface area contributed by atoms with Gasteiger partial charge in [-0.2, -0.15) is 0 Å². The fourth-order valence-corrected chi connectivity index (χ4v) is 2.89. The quantitative estimate of drug-likeness (QED) is 0.744. The van der Waals surface area contributed by atoms with Crippen molar-refractivity contribution >= 4 is 16.0 Å². The van der Waals surface area contributed by atoms with Crippen LogP contribution in [0.3, 0.4) is 0 Å². The number of nitrogens with one attached hydrogen (secondary N) is 1. The number of aromatic nitrogens is 2. The number of rotatable bonds is 5. The lowest BCUT2D eigenvalue weighted by molar-refractivity contribution is -0.149. The molecule has 0 bridgehead atoms. The normalized spacial score (nSPS) is 23.6. The highest BCUT2D eigenvalue weighted by Crippen LogP contribution is 2.19. The summed E-state index contributed by atoms with van der Waals surface area (Å²) in [4.78, 5) is 14.4. The highest BCUT2D eigenvalue weighted by atomic mass is 32.2. The number of imidazole rings is 1. The van der Waals surface area contributed by atoms with Crippen LogP contribution < -0.4 is 4.72 Å². The van der Waals surface area contributed by atoms with E-state index in [0.717, 1.165) is 0 Å². The van der Waals surface area contributed by atoms with E-state index in [4.69, 9.17) is 9.84 Å². The van der Waals surface area contributed by atoms with Crippen molar-refractivity contribution in [2.75, 3.05) is 6.54 Å². The maximum Gasteiger partial charge on any atom is 0.332 e. The maximum absolute atomic E-state index is 11.9. The number of aryl methyl sites for hydroxylation is 1. The van der Waals surface area contributed by atoms with Gasteiger partial charge in [0.2, 0.25) is 0 Å². The average molecular weight is 289 g/mol. The minimum atomic E-state index is -3.67. The van der Waals surface area contributed by atoms with Gasteiger partial charge in [-0.3, -0.25) is 0 Å². The zero-order valence-corrected chi connectivity index (χ0v) is 11.1. The van der Waals surface area contributed by atoms with Crippen LogP contribution in [0.1, 0.15) is 12.8 Å². The summed E-state index contributed by atoms with van der Waals surface area (Å²) in [6.45, 7) is 0.0443. The third-order valence-electron chi connectivity index (χ3n) is 2.84. The molecule has 1 aromatic heterocycles. The van der Waals surface area contributed by atoms with Crippen molar-refractivity contribution in [1.82, 2.24) is 14.3 Å². The second-order valence-corrected chi connectivity index (χ2v) is 6.11. The van der Waals surface area contributed by atoms with Crippen LogP contribution in [-0.2, 0) is 26.6 Å². The molecule has 0 radical (unpaired) electrons. The standard InChI is InChI=1S/C10H15N3O5S/c1-13-5-9(11-6-13)19(16,17)12-4-7-2-3-8(18-7)10(14)15/h5-8,12H,2-4H2,1H3,(H,14,15). The number of hydrogen-bond donors (Lipinski definition) is 2. The number of aliphatic carboxylic acids is 1. The predicted molar refractivity (Wildman–Crippen MR) is 63.9 cm³/mol. The number of carbonyl (C=O) groups is 1. The molecule has 2 atom stereocenters. The average Bonchev–Trinajstić information content (AvgIpc) is 2.95. The molecule has 2 N–H and O–H groups in total. The molecule has 2 unspecified atom stereocenters. The van der Waals surface area contributed by atoms with E-state index in [1.807, 2.05) is 0 Å². The first-order valence-electron chi connectivity index (χ1n) is 5.74. The zero-order valence-electron chi connectivity index (χ0n) is 10.3. The largest absolute Gasteiger partial charge is 0.479 e. The summed E-state index contributed by atoms with van der Waals surface area (Å²) < 4.78 is 32.8. The third-order valence-corrected chi connectivity index (χ3v) is 4.15. The Labute approximate surface area is 110 Å². The van der Waals surface area contributed by atoms with E-state index in [1.54, 1.807) is 7.05 Å². The molecule has 0 aromatic carbocycles. The topological polar surface area (TPSA) is 111 Å². The van der Waals surface area contributed by atoms with Crippen molar-refractivity contribution in [1.29, 1.82) is 0 Å². The molecule has 1 aliphatic heterocycles. The molecule has 9 heteroatoms. The van der Waals surface area contributed by atoms with Crippen LogP contribution in [0.25, 0.3) is 0 Å². The van der Waals surface area contributed by atoms with Crippen LogP contribution >= 0.6 is 0 Å². The molecule has 1 saturated heterocycles. The monoisotopic (exact) mass is 289 g/mol. The molecule has 0 spiro atoms. The summed E-state index contributed by atoms with van der Waals surface area (Å²) in [6, 6.07) is 0. The van der Waals surface area contributed by atoms with Gasteiger partial charge >= 0.3 is 5.97 Å². The second-order valence-electron chi connectivity index (χ2n) is 4.39. The molecule has 1 fully saturated rings. The summed E-state index contributed by atoms with van der Waals surface area (Å²) in [5.74, 6) is -1.02. The van der Waals surface area contributed by atoms with E-state index in [1.165, 1.54) is 17.1 Å². The SMILES string of the molecule is Cn1cnc(S(=O)(=O)NCC2CCC(C(=O)O)O2)c1. The molecule has 0 saturated carbocycles. The van der Waals surface area contributed by atoms with Crippen molar-refractivity contribution < 1.29 is 23.1 Å². The first kappa shape index (κ1) is 14.0. The van der Waals surface area contributed by atoms with Crippen LogP contribution in [0.5, 0.6) is 0 Å². The van der Waals surface area contributed by atoms with Crippen LogP contribution in [0.4, 0.5) is 0 Å². The van der Waals surface area contributed by atoms with Gasteiger partial charge in [0.25, 0.3) is 10.0 Å². The highest BCUT2D eigenvalue weighted by Gasteiger charge is 2.31. The number of sulfonamides is 1. The Morgan fingerprint density at radius 3 is 2.89 bits per heavy atom. The van der Waals surface area contributed by atoms with E-state index >= 15 is 0 Å². The molecule has 0 aliphatic carbocycles. The van der Waals surface area contributed by atoms with Crippen molar-refractivity contribution in [3.63, 3.8) is 0 Å². The molecule has 1 aromatic rings. The Kier molecular flexibility index (Phi) is 3.88. The molecule has 0 amide bonds. The summed E-state index contributed by atoms with van der Waals surface area (Å²) in [6.07, 6.45) is 2.43. The van der Waals surface area contributed by atoms with E-state index in [-0.39, 0.29) is 11.6 Å². The van der Waals surface area contributed by atoms with Crippen LogP contribution in [0, 0.1) is 0 Å².